The second-order valence-corrected chi connectivity index (χ2v) is 11.3. The summed E-state index contributed by atoms with van der Waals surface area (Å²) in [5.74, 6) is -0.715. The summed E-state index contributed by atoms with van der Waals surface area (Å²) in [7, 11) is -3.79. The highest BCUT2D eigenvalue weighted by Gasteiger charge is 2.32. The molecule has 0 aromatic heterocycles. The molecule has 0 aliphatic carbocycles. The van der Waals surface area contributed by atoms with E-state index in [0.29, 0.717) is 22.7 Å². The minimum absolute atomic E-state index is 0.0443. The van der Waals surface area contributed by atoms with Crippen LogP contribution in [0.2, 0.25) is 5.02 Å². The van der Waals surface area contributed by atoms with Gasteiger partial charge in [-0.15, -0.1) is 0 Å². The Labute approximate surface area is 214 Å². The van der Waals surface area contributed by atoms with Crippen molar-refractivity contribution in [3.63, 3.8) is 0 Å². The third-order valence-corrected chi connectivity index (χ3v) is 7.33. The number of anilines is 1. The maximum atomic E-state index is 13.7. The predicted molar refractivity (Wildman–Crippen MR) is 142 cm³/mol. The van der Waals surface area contributed by atoms with Gasteiger partial charge >= 0.3 is 0 Å². The Morgan fingerprint density at radius 3 is 2.17 bits per heavy atom. The molecule has 0 spiro atoms. The standard InChI is InChI=1S/C26H36ClN3O4S/c1-7-20(5)28-26(32)23(8-2)29(16-21-11-9-18(3)10-12-21)25(31)17-30(35(6,33)34)24-14-13-22(27)15-19(24)4/h9-15,20,23H,7-8,16-17H2,1-6H3,(H,28,32)/t20-,23+/m1/s1. The molecule has 9 heteroatoms. The average molecular weight is 522 g/mol. The number of aryl methyl sites for hydroxylation is 2. The number of nitrogens with zero attached hydrogens (tertiary/aromatic N) is 2. The molecule has 0 radical (unpaired) electrons. The third-order valence-electron chi connectivity index (χ3n) is 5.97. The van der Waals surface area contributed by atoms with Gasteiger partial charge in [0.15, 0.2) is 0 Å². The van der Waals surface area contributed by atoms with Gasteiger partial charge in [-0.05, 0) is 62.9 Å². The summed E-state index contributed by atoms with van der Waals surface area (Å²) < 4.78 is 26.5. The number of rotatable bonds is 11. The quantitative estimate of drug-likeness (QED) is 0.473. The third kappa shape index (κ3) is 7.97. The van der Waals surface area contributed by atoms with E-state index in [9.17, 15) is 18.0 Å². The van der Waals surface area contributed by atoms with Crippen LogP contribution in [0.25, 0.3) is 0 Å². The van der Waals surface area contributed by atoms with Gasteiger partial charge in [0, 0.05) is 17.6 Å². The number of hydrogen-bond acceptors (Lipinski definition) is 4. The van der Waals surface area contributed by atoms with E-state index >= 15 is 0 Å². The van der Waals surface area contributed by atoms with Gasteiger partial charge in [-0.25, -0.2) is 8.42 Å². The van der Waals surface area contributed by atoms with E-state index in [4.69, 9.17) is 11.6 Å². The highest BCUT2D eigenvalue weighted by molar-refractivity contribution is 7.92. The smallest absolute Gasteiger partial charge is 0.244 e. The van der Waals surface area contributed by atoms with Crippen LogP contribution in [0.3, 0.4) is 0 Å². The number of carbonyl (C=O) groups is 2. The van der Waals surface area contributed by atoms with Crippen molar-refractivity contribution in [3.05, 3.63) is 64.2 Å². The van der Waals surface area contributed by atoms with Crippen LogP contribution in [-0.2, 0) is 26.2 Å². The zero-order valence-corrected chi connectivity index (χ0v) is 22.9. The fourth-order valence-electron chi connectivity index (χ4n) is 3.74. The number of carbonyl (C=O) groups excluding carboxylic acids is 2. The number of halogens is 1. The molecule has 0 aliphatic rings. The predicted octanol–water partition coefficient (Wildman–Crippen LogP) is 4.44. The molecule has 0 heterocycles. The molecule has 0 saturated heterocycles. The molecule has 0 unspecified atom stereocenters. The van der Waals surface area contributed by atoms with Crippen LogP contribution in [-0.4, -0.2) is 50.0 Å². The van der Waals surface area contributed by atoms with E-state index in [1.54, 1.807) is 25.1 Å². The van der Waals surface area contributed by atoms with Crippen LogP contribution >= 0.6 is 11.6 Å². The van der Waals surface area contributed by atoms with Crippen LogP contribution < -0.4 is 9.62 Å². The molecule has 0 aliphatic heterocycles. The monoisotopic (exact) mass is 521 g/mol. The molecule has 7 nitrogen and oxygen atoms in total. The first-order chi connectivity index (χ1) is 16.4. The van der Waals surface area contributed by atoms with Gasteiger partial charge in [-0.2, -0.15) is 0 Å². The number of sulfonamides is 1. The maximum absolute atomic E-state index is 13.7. The van der Waals surface area contributed by atoms with Gasteiger partial charge in [0.1, 0.15) is 12.6 Å². The van der Waals surface area contributed by atoms with Gasteiger partial charge in [0.25, 0.3) is 0 Å². The van der Waals surface area contributed by atoms with Crippen molar-refractivity contribution in [1.82, 2.24) is 10.2 Å². The molecule has 35 heavy (non-hydrogen) atoms. The van der Waals surface area contributed by atoms with Gasteiger partial charge in [0.05, 0.1) is 11.9 Å². The van der Waals surface area contributed by atoms with Crippen molar-refractivity contribution >= 4 is 39.1 Å². The molecular weight excluding hydrogens is 486 g/mol. The van der Waals surface area contributed by atoms with Crippen molar-refractivity contribution in [2.45, 2.75) is 66.1 Å². The number of amides is 2. The van der Waals surface area contributed by atoms with Crippen molar-refractivity contribution in [1.29, 1.82) is 0 Å². The minimum Gasteiger partial charge on any atom is -0.352 e. The van der Waals surface area contributed by atoms with Crippen molar-refractivity contribution in [2.75, 3.05) is 17.1 Å². The van der Waals surface area contributed by atoms with Crippen LogP contribution in [0, 0.1) is 13.8 Å². The lowest BCUT2D eigenvalue weighted by Crippen LogP contribution is -2.53. The number of hydrogen-bond donors (Lipinski definition) is 1. The Balaban J connectivity index is 2.46. The molecule has 0 fully saturated rings. The highest BCUT2D eigenvalue weighted by Crippen LogP contribution is 2.26. The second kappa shape index (κ2) is 12.4. The average Bonchev–Trinajstić information content (AvgIpc) is 2.78. The number of benzene rings is 2. The van der Waals surface area contributed by atoms with E-state index in [0.717, 1.165) is 28.1 Å². The van der Waals surface area contributed by atoms with Crippen LogP contribution in [0.4, 0.5) is 5.69 Å². The van der Waals surface area contributed by atoms with E-state index in [2.05, 4.69) is 5.32 Å². The topological polar surface area (TPSA) is 86.8 Å². The Kier molecular flexibility index (Phi) is 10.2. The summed E-state index contributed by atoms with van der Waals surface area (Å²) in [6.45, 7) is 9.18. The molecule has 192 valence electrons. The van der Waals surface area contributed by atoms with E-state index in [1.807, 2.05) is 52.0 Å². The summed E-state index contributed by atoms with van der Waals surface area (Å²) >= 11 is 6.05. The molecule has 2 aromatic carbocycles. The zero-order chi connectivity index (χ0) is 26.3. The normalized spacial score (nSPS) is 13.1. The van der Waals surface area contributed by atoms with Gasteiger partial charge in [0.2, 0.25) is 21.8 Å². The van der Waals surface area contributed by atoms with E-state index < -0.39 is 28.5 Å². The minimum atomic E-state index is -3.79. The van der Waals surface area contributed by atoms with E-state index in [1.165, 1.54) is 4.90 Å². The first kappa shape index (κ1) is 28.7. The van der Waals surface area contributed by atoms with Crippen molar-refractivity contribution < 1.29 is 18.0 Å². The van der Waals surface area contributed by atoms with Gasteiger partial charge in [-0.3, -0.25) is 13.9 Å². The molecule has 0 bridgehead atoms. The molecule has 2 amide bonds. The van der Waals surface area contributed by atoms with Gasteiger partial charge < -0.3 is 10.2 Å². The second-order valence-electron chi connectivity index (χ2n) is 8.95. The van der Waals surface area contributed by atoms with Gasteiger partial charge in [-0.1, -0.05) is 55.3 Å². The molecule has 2 atom stereocenters. The van der Waals surface area contributed by atoms with E-state index in [-0.39, 0.29) is 18.5 Å². The summed E-state index contributed by atoms with van der Waals surface area (Å²) in [6, 6.07) is 11.7. The molecule has 2 rings (SSSR count). The Bertz CT molecular complexity index is 1140. The summed E-state index contributed by atoms with van der Waals surface area (Å²) in [6.07, 6.45) is 2.20. The highest BCUT2D eigenvalue weighted by atomic mass is 35.5. The van der Waals surface area contributed by atoms with Crippen LogP contribution in [0.15, 0.2) is 42.5 Å². The van der Waals surface area contributed by atoms with Crippen molar-refractivity contribution in [2.24, 2.45) is 0 Å². The first-order valence-electron chi connectivity index (χ1n) is 11.8. The number of nitrogens with one attached hydrogen (secondary N) is 1. The molecular formula is C26H36ClN3O4S. The fourth-order valence-corrected chi connectivity index (χ4v) is 4.88. The molecule has 2 aromatic rings. The Morgan fingerprint density at radius 2 is 1.66 bits per heavy atom. The summed E-state index contributed by atoms with van der Waals surface area (Å²) in [5, 5.41) is 3.43. The summed E-state index contributed by atoms with van der Waals surface area (Å²) in [5.41, 5.74) is 2.93. The lowest BCUT2D eigenvalue weighted by molar-refractivity contribution is -0.140. The lowest BCUT2D eigenvalue weighted by atomic mass is 10.1. The summed E-state index contributed by atoms with van der Waals surface area (Å²) in [4.78, 5) is 28.3. The fraction of sp³-hybridized carbons (Fsp3) is 0.462. The Hall–Kier alpha value is -2.58. The van der Waals surface area contributed by atoms with Crippen LogP contribution in [0.1, 0.15) is 50.3 Å². The lowest BCUT2D eigenvalue weighted by Gasteiger charge is -2.33. The SMILES string of the molecule is CC[C@@H](C)NC(=O)[C@H](CC)N(Cc1ccc(C)cc1)C(=O)CN(c1ccc(Cl)cc1C)S(C)(=O)=O. The van der Waals surface area contributed by atoms with Crippen LogP contribution in [0.5, 0.6) is 0 Å². The maximum Gasteiger partial charge on any atom is 0.244 e. The molecule has 0 saturated carbocycles. The Morgan fingerprint density at radius 1 is 1.03 bits per heavy atom. The largest absolute Gasteiger partial charge is 0.352 e. The van der Waals surface area contributed by atoms with Crippen molar-refractivity contribution in [3.8, 4) is 0 Å². The molecule has 1 N–H and O–H groups in total. The first-order valence-corrected chi connectivity index (χ1v) is 14.0. The zero-order valence-electron chi connectivity index (χ0n) is 21.3.